The van der Waals surface area contributed by atoms with Crippen LogP contribution < -0.4 is 10.6 Å². The molecule has 2 aliphatic heterocycles. The molecule has 2 aliphatic rings. The number of ether oxygens (including phenoxy) is 2. The Hall–Kier alpha value is -1.50. The van der Waals surface area contributed by atoms with Crippen molar-refractivity contribution in [3.8, 4) is 0 Å². The lowest BCUT2D eigenvalue weighted by atomic mass is 9.98. The van der Waals surface area contributed by atoms with E-state index in [0.717, 1.165) is 25.7 Å². The Bertz CT molecular complexity index is 436. The van der Waals surface area contributed by atoms with Gasteiger partial charge in [0.05, 0.1) is 6.61 Å². The summed E-state index contributed by atoms with van der Waals surface area (Å²) in [6.45, 7) is 9.03. The van der Waals surface area contributed by atoms with Crippen LogP contribution in [-0.2, 0) is 9.47 Å². The van der Waals surface area contributed by atoms with Crippen molar-refractivity contribution in [3.05, 3.63) is 0 Å². The van der Waals surface area contributed by atoms with E-state index in [2.05, 4.69) is 10.6 Å². The van der Waals surface area contributed by atoms with Crippen LogP contribution in [0.4, 0.5) is 9.59 Å². The molecule has 24 heavy (non-hydrogen) atoms. The summed E-state index contributed by atoms with van der Waals surface area (Å²) >= 11 is 0. The summed E-state index contributed by atoms with van der Waals surface area (Å²) in [6, 6.07) is 0.937. The van der Waals surface area contributed by atoms with Gasteiger partial charge >= 0.3 is 12.2 Å². The van der Waals surface area contributed by atoms with Gasteiger partial charge < -0.3 is 25.0 Å². The number of carbonyl (C=O) groups excluding carboxylic acids is 2. The fourth-order valence-corrected chi connectivity index (χ4v) is 3.59. The molecule has 0 aromatic rings. The molecule has 0 saturated carbocycles. The summed E-state index contributed by atoms with van der Waals surface area (Å²) in [7, 11) is 0. The van der Waals surface area contributed by atoms with Gasteiger partial charge in [-0.25, -0.2) is 9.59 Å². The van der Waals surface area contributed by atoms with E-state index in [1.54, 1.807) is 0 Å². The van der Waals surface area contributed by atoms with E-state index in [4.69, 9.17) is 9.47 Å². The van der Waals surface area contributed by atoms with Gasteiger partial charge in [-0.1, -0.05) is 0 Å². The predicted octanol–water partition coefficient (Wildman–Crippen LogP) is 2.25. The Balaban J connectivity index is 1.68. The van der Waals surface area contributed by atoms with E-state index in [-0.39, 0.29) is 24.3 Å². The van der Waals surface area contributed by atoms with Crippen LogP contribution in [0.1, 0.15) is 53.4 Å². The van der Waals surface area contributed by atoms with Gasteiger partial charge in [0, 0.05) is 31.2 Å². The molecule has 0 radical (unpaired) electrons. The monoisotopic (exact) mass is 341 g/mol. The molecule has 0 spiro atoms. The molecule has 2 bridgehead atoms. The summed E-state index contributed by atoms with van der Waals surface area (Å²) in [5.74, 6) is 0. The molecule has 0 aromatic heterocycles. The Kier molecular flexibility index (Phi) is 6.32. The van der Waals surface area contributed by atoms with Crippen molar-refractivity contribution in [2.24, 2.45) is 0 Å². The zero-order valence-electron chi connectivity index (χ0n) is 15.3. The molecule has 2 atom stereocenters. The van der Waals surface area contributed by atoms with E-state index in [0.29, 0.717) is 25.7 Å². The minimum Gasteiger partial charge on any atom is -0.450 e. The topological polar surface area (TPSA) is 79.9 Å². The number of piperidine rings is 1. The van der Waals surface area contributed by atoms with Crippen LogP contribution in [0.5, 0.6) is 0 Å². The number of nitrogens with zero attached hydrogens (tertiary/aromatic N) is 1. The molecule has 7 heteroatoms. The van der Waals surface area contributed by atoms with Crippen LogP contribution in [-0.4, -0.2) is 60.5 Å². The highest BCUT2D eigenvalue weighted by atomic mass is 16.6. The average Bonchev–Trinajstić information content (AvgIpc) is 2.73. The zero-order valence-corrected chi connectivity index (χ0v) is 15.3. The van der Waals surface area contributed by atoms with Crippen LogP contribution in [0.2, 0.25) is 0 Å². The highest BCUT2D eigenvalue weighted by Gasteiger charge is 2.43. The molecule has 2 amide bonds. The van der Waals surface area contributed by atoms with Crippen LogP contribution in [0.25, 0.3) is 0 Å². The second kappa shape index (κ2) is 8.05. The van der Waals surface area contributed by atoms with Crippen molar-refractivity contribution in [2.45, 2.75) is 77.1 Å². The molecule has 0 aromatic carbocycles. The Labute approximate surface area is 144 Å². The van der Waals surface area contributed by atoms with E-state index >= 15 is 0 Å². The van der Waals surface area contributed by atoms with E-state index < -0.39 is 5.60 Å². The van der Waals surface area contributed by atoms with Gasteiger partial charge in [-0.3, -0.25) is 0 Å². The quantitative estimate of drug-likeness (QED) is 0.750. The summed E-state index contributed by atoms with van der Waals surface area (Å²) in [5, 5.41) is 6.24. The van der Waals surface area contributed by atoms with Crippen molar-refractivity contribution in [3.63, 3.8) is 0 Å². The fraction of sp³-hybridized carbons (Fsp3) is 0.882. The van der Waals surface area contributed by atoms with Gasteiger partial charge in [-0.05, 0) is 53.4 Å². The van der Waals surface area contributed by atoms with Crippen LogP contribution >= 0.6 is 0 Å². The minimum absolute atomic E-state index is 0.171. The van der Waals surface area contributed by atoms with Gasteiger partial charge in [-0.15, -0.1) is 0 Å². The molecular formula is C17H31N3O4. The molecule has 2 N–H and O–H groups in total. The zero-order chi connectivity index (χ0) is 17.7. The second-order valence-electron chi connectivity index (χ2n) is 7.54. The lowest BCUT2D eigenvalue weighted by Gasteiger charge is -2.38. The maximum absolute atomic E-state index is 12.0. The Morgan fingerprint density at radius 2 is 1.75 bits per heavy atom. The maximum Gasteiger partial charge on any atom is 0.410 e. The third-order valence-electron chi connectivity index (χ3n) is 4.44. The first-order valence-corrected chi connectivity index (χ1v) is 8.95. The van der Waals surface area contributed by atoms with Gasteiger partial charge in [-0.2, -0.15) is 0 Å². The first-order valence-electron chi connectivity index (χ1n) is 8.95. The lowest BCUT2D eigenvalue weighted by molar-refractivity contribution is 0.0521. The molecule has 0 aliphatic carbocycles. The van der Waals surface area contributed by atoms with E-state index in [1.165, 1.54) is 0 Å². The highest BCUT2D eigenvalue weighted by Crippen LogP contribution is 2.36. The minimum atomic E-state index is -0.476. The van der Waals surface area contributed by atoms with Gasteiger partial charge in [0.1, 0.15) is 5.60 Å². The number of fused-ring (bicyclic) bond motifs is 2. The predicted molar refractivity (Wildman–Crippen MR) is 90.9 cm³/mol. The van der Waals surface area contributed by atoms with Gasteiger partial charge in [0.25, 0.3) is 0 Å². The molecule has 2 rings (SSSR count). The summed E-state index contributed by atoms with van der Waals surface area (Å²) < 4.78 is 10.4. The molecule has 2 saturated heterocycles. The molecule has 7 nitrogen and oxygen atoms in total. The summed E-state index contributed by atoms with van der Waals surface area (Å²) in [5.41, 5.74) is -0.476. The normalized spacial score (nSPS) is 26.2. The largest absolute Gasteiger partial charge is 0.450 e. The van der Waals surface area contributed by atoms with Crippen molar-refractivity contribution < 1.29 is 19.1 Å². The van der Waals surface area contributed by atoms with Crippen molar-refractivity contribution in [1.82, 2.24) is 15.5 Å². The number of hydrogen-bond acceptors (Lipinski definition) is 5. The Morgan fingerprint density at radius 1 is 1.12 bits per heavy atom. The average molecular weight is 341 g/mol. The molecule has 2 unspecified atom stereocenters. The van der Waals surface area contributed by atoms with Crippen LogP contribution in [0.3, 0.4) is 0 Å². The number of carbonyl (C=O) groups is 2. The Morgan fingerprint density at radius 3 is 2.29 bits per heavy atom. The summed E-state index contributed by atoms with van der Waals surface area (Å²) in [4.78, 5) is 25.6. The van der Waals surface area contributed by atoms with Crippen molar-refractivity contribution >= 4 is 12.2 Å². The fourth-order valence-electron chi connectivity index (χ4n) is 3.59. The second-order valence-corrected chi connectivity index (χ2v) is 7.54. The van der Waals surface area contributed by atoms with Gasteiger partial charge in [0.2, 0.25) is 0 Å². The molecular weight excluding hydrogens is 310 g/mol. The number of amides is 2. The smallest absolute Gasteiger partial charge is 0.410 e. The SMILES string of the molecule is CCOC(=O)N1C2CCC1CC(NCCNC(=O)OC(C)(C)C)C2. The highest BCUT2D eigenvalue weighted by molar-refractivity contribution is 5.69. The number of hydrogen-bond donors (Lipinski definition) is 2. The molecule has 138 valence electrons. The van der Waals surface area contributed by atoms with Crippen LogP contribution in [0.15, 0.2) is 0 Å². The molecule has 2 fully saturated rings. The standard InChI is InChI=1S/C17H31N3O4/c1-5-23-16(22)20-13-6-7-14(20)11-12(10-13)18-8-9-19-15(21)24-17(2,3)4/h12-14,18H,5-11H2,1-4H3,(H,19,21). The summed E-state index contributed by atoms with van der Waals surface area (Å²) in [6.07, 6.45) is 3.44. The third-order valence-corrected chi connectivity index (χ3v) is 4.44. The lowest BCUT2D eigenvalue weighted by Crippen LogP contribution is -2.52. The molecule has 2 heterocycles. The van der Waals surface area contributed by atoms with E-state index in [9.17, 15) is 9.59 Å². The van der Waals surface area contributed by atoms with Crippen molar-refractivity contribution in [1.29, 1.82) is 0 Å². The third kappa shape index (κ3) is 5.26. The maximum atomic E-state index is 12.0. The number of rotatable bonds is 5. The van der Waals surface area contributed by atoms with Crippen molar-refractivity contribution in [2.75, 3.05) is 19.7 Å². The number of alkyl carbamates (subject to hydrolysis) is 1. The first-order chi connectivity index (χ1) is 11.3. The van der Waals surface area contributed by atoms with E-state index in [1.807, 2.05) is 32.6 Å². The first kappa shape index (κ1) is 18.8. The van der Waals surface area contributed by atoms with Gasteiger partial charge in [0.15, 0.2) is 0 Å². The number of nitrogens with one attached hydrogen (secondary N) is 2. The van der Waals surface area contributed by atoms with Crippen LogP contribution in [0, 0.1) is 0 Å².